The van der Waals surface area contributed by atoms with Gasteiger partial charge in [0.15, 0.2) is 0 Å². The molecule has 33 nitrogen and oxygen atoms in total. The average Bonchev–Trinajstić information content (AvgIpc) is 0.940. The third-order valence-electron chi connectivity index (χ3n) is 19.4. The number of unbranched alkanes of at least 4 members (excludes halogenated alkanes) is 16. The van der Waals surface area contributed by atoms with Gasteiger partial charge in [-0.05, 0) is 154 Å². The second-order valence-corrected chi connectivity index (χ2v) is 39.6. The number of carbonyl (C=O) groups is 11. The average molecular weight is 2030 g/mol. The minimum atomic E-state index is -0.235. The van der Waals surface area contributed by atoms with Crippen LogP contribution in [0, 0.1) is 65.1 Å². The summed E-state index contributed by atoms with van der Waals surface area (Å²) in [6.45, 7) is 85.2. The van der Waals surface area contributed by atoms with Crippen molar-refractivity contribution < 1.29 is 105 Å². The molecular formula is C108H227N11O22. The van der Waals surface area contributed by atoms with Crippen LogP contribution in [0.5, 0.6) is 0 Å². The van der Waals surface area contributed by atoms with Gasteiger partial charge in [0, 0.05) is 149 Å². The van der Waals surface area contributed by atoms with Gasteiger partial charge in [0.1, 0.15) is 0 Å². The van der Waals surface area contributed by atoms with Crippen molar-refractivity contribution in [2.24, 2.45) is 65.1 Å². The van der Waals surface area contributed by atoms with Crippen LogP contribution in [0.2, 0.25) is 0 Å². The number of ether oxygens (including phenoxy) is 11. The Morgan fingerprint density at radius 1 is 0.149 bits per heavy atom. The Hall–Kier alpha value is -8.03. The lowest BCUT2D eigenvalue weighted by Crippen LogP contribution is -2.33. The molecule has 846 valence electrons. The van der Waals surface area contributed by atoms with Gasteiger partial charge in [-0.25, -0.2) is 52.7 Å². The lowest BCUT2D eigenvalue weighted by atomic mass is 10.1. The molecule has 0 fully saturated rings. The van der Waals surface area contributed by atoms with Crippen LogP contribution in [0.25, 0.3) is 0 Å². The molecule has 0 aromatic carbocycles. The lowest BCUT2D eigenvalue weighted by molar-refractivity contribution is 0.0925. The predicted octanol–water partition coefficient (Wildman–Crippen LogP) is 26.8. The lowest BCUT2D eigenvalue weighted by Gasteiger charge is -2.21. The van der Waals surface area contributed by atoms with E-state index in [4.69, 9.17) is 52.1 Å². The van der Waals surface area contributed by atoms with Gasteiger partial charge in [0.25, 0.3) is 0 Å². The molecule has 0 aliphatic heterocycles. The number of nitrogens with zero attached hydrogens (tertiary/aromatic N) is 11. The first-order valence-corrected chi connectivity index (χ1v) is 53.6. The van der Waals surface area contributed by atoms with E-state index in [0.29, 0.717) is 197 Å². The normalized spacial score (nSPS) is 10.2. The molecular weight excluding hydrogens is 1800 g/mol. The SMILES string of the molecule is CCCCCCCCCCCCCCN(CC)C(=O)OCC(C)C.CCCCCCCCN(CC)C(=O)OCC(C)C.CCN(C)C(=O)OCC(C)C.CCN(C)C(=O)OCC(C)C.CCN(C)C(=O)OCC(C)C.CCN(C)C(=O)OCC(C)C.CCN(C)C(=O)OCC(C)C.CCN(C)C(=O)OCC(C)C.CCN(C)C(=O)OCC(C)C.CCN(C)C(=O)OCC(C)C.CCN(C)C(=O)OCC(C)C. The largest absolute Gasteiger partial charge is 0.449 e. The molecule has 0 aromatic heterocycles. The van der Waals surface area contributed by atoms with Crippen molar-refractivity contribution in [3.05, 3.63) is 0 Å². The highest BCUT2D eigenvalue weighted by atomic mass is 16.6. The molecule has 0 N–H and O–H groups in total. The molecule has 0 bridgehead atoms. The molecule has 141 heavy (non-hydrogen) atoms. The summed E-state index contributed by atoms with van der Waals surface area (Å²) in [7, 11) is 15.5. The van der Waals surface area contributed by atoms with Crippen molar-refractivity contribution in [2.75, 3.05) is 221 Å². The summed E-state index contributed by atoms with van der Waals surface area (Å²) in [6.07, 6.45) is 21.3. The second-order valence-electron chi connectivity index (χ2n) is 39.6. The van der Waals surface area contributed by atoms with Crippen LogP contribution in [-0.4, -0.2) is 342 Å². The highest BCUT2D eigenvalue weighted by Gasteiger charge is 2.19. The summed E-state index contributed by atoms with van der Waals surface area (Å²) in [5, 5.41) is 0. The Balaban J connectivity index is -0.000000148. The molecule has 0 unspecified atom stereocenters. The van der Waals surface area contributed by atoms with E-state index in [2.05, 4.69) is 41.5 Å². The maximum atomic E-state index is 11.9. The highest BCUT2D eigenvalue weighted by molar-refractivity contribution is 5.71. The van der Waals surface area contributed by atoms with E-state index in [-0.39, 0.29) is 67.0 Å². The number of hydrogen-bond acceptors (Lipinski definition) is 22. The van der Waals surface area contributed by atoms with Gasteiger partial charge >= 0.3 is 67.0 Å². The Kier molecular flexibility index (Phi) is 121. The van der Waals surface area contributed by atoms with Crippen LogP contribution in [0.1, 0.15) is 358 Å². The van der Waals surface area contributed by atoms with Crippen LogP contribution in [-0.2, 0) is 52.1 Å². The van der Waals surface area contributed by atoms with Crippen molar-refractivity contribution in [2.45, 2.75) is 358 Å². The maximum Gasteiger partial charge on any atom is 0.409 e. The summed E-state index contributed by atoms with van der Waals surface area (Å²) in [5.74, 6) is 4.47. The summed E-state index contributed by atoms with van der Waals surface area (Å²) in [6, 6.07) is 0. The third-order valence-corrected chi connectivity index (χ3v) is 19.4. The van der Waals surface area contributed by atoms with E-state index in [0.717, 1.165) is 39.0 Å². The van der Waals surface area contributed by atoms with Gasteiger partial charge < -0.3 is 106 Å². The van der Waals surface area contributed by atoms with E-state index in [1.807, 2.05) is 211 Å². The molecule has 0 atom stereocenters. The zero-order chi connectivity index (χ0) is 112. The predicted molar refractivity (Wildman–Crippen MR) is 582 cm³/mol. The topological polar surface area (TPSA) is 325 Å². The van der Waals surface area contributed by atoms with Crippen molar-refractivity contribution in [1.82, 2.24) is 53.9 Å². The van der Waals surface area contributed by atoms with E-state index in [1.54, 1.807) is 108 Å². The standard InChI is InChI=1S/C21H43NO2.C15H31NO2.9C8H17NO2/c1-5-7-8-9-10-11-12-13-14-15-16-17-18-22(6-2)21(23)24-19-20(3)4;1-5-7-8-9-10-11-12-16(6-2)15(17)18-13-14(3)4;9*1-5-9(4)8(10)11-6-7(2)3/h20H,5-19H2,1-4H3;14H,5-13H2,1-4H3;9*7H,5-6H2,1-4H3. The molecule has 11 amide bonds. The molecule has 0 heterocycles. The minimum absolute atomic E-state index is 0.144. The van der Waals surface area contributed by atoms with Gasteiger partial charge in [-0.15, -0.1) is 0 Å². The van der Waals surface area contributed by atoms with Crippen LogP contribution < -0.4 is 0 Å². The highest BCUT2D eigenvalue weighted by Crippen LogP contribution is 2.15. The van der Waals surface area contributed by atoms with Crippen molar-refractivity contribution in [3.8, 4) is 0 Å². The molecule has 0 aromatic rings. The number of amides is 11. The van der Waals surface area contributed by atoms with Crippen molar-refractivity contribution >= 4 is 67.0 Å². The molecule has 0 rings (SSSR count). The van der Waals surface area contributed by atoms with Crippen molar-refractivity contribution in [1.29, 1.82) is 0 Å². The van der Waals surface area contributed by atoms with Crippen LogP contribution >= 0.6 is 0 Å². The fourth-order valence-corrected chi connectivity index (χ4v) is 8.94. The zero-order valence-corrected chi connectivity index (χ0v) is 99.5. The molecule has 0 aliphatic carbocycles. The molecule has 0 spiro atoms. The van der Waals surface area contributed by atoms with Gasteiger partial charge in [-0.3, -0.25) is 0 Å². The summed E-state index contributed by atoms with van der Waals surface area (Å²) >= 11 is 0. The fraction of sp³-hybridized carbons (Fsp3) is 0.898. The maximum absolute atomic E-state index is 11.9. The third kappa shape index (κ3) is 122. The Morgan fingerprint density at radius 3 is 0.340 bits per heavy atom. The molecule has 0 radical (unpaired) electrons. The minimum Gasteiger partial charge on any atom is -0.449 e. The molecule has 0 saturated carbocycles. The van der Waals surface area contributed by atoms with E-state index < -0.39 is 0 Å². The first kappa shape index (κ1) is 156. The van der Waals surface area contributed by atoms with Crippen LogP contribution in [0.4, 0.5) is 52.7 Å². The van der Waals surface area contributed by atoms with E-state index >= 15 is 0 Å². The quantitative estimate of drug-likeness (QED) is 0.0403. The number of carbonyl (C=O) groups excluding carboxylic acids is 11. The number of rotatable bonds is 53. The first-order valence-electron chi connectivity index (χ1n) is 53.6. The Labute approximate surface area is 865 Å². The molecule has 0 saturated heterocycles. The van der Waals surface area contributed by atoms with Gasteiger partial charge in [-0.1, -0.05) is 269 Å². The van der Waals surface area contributed by atoms with E-state index in [1.165, 1.54) is 103 Å². The molecule has 0 aliphatic rings. The van der Waals surface area contributed by atoms with Crippen LogP contribution in [0.3, 0.4) is 0 Å². The molecule has 33 heteroatoms. The second kappa shape index (κ2) is 109. The number of hydrogen-bond donors (Lipinski definition) is 0. The first-order chi connectivity index (χ1) is 65.9. The summed E-state index contributed by atoms with van der Waals surface area (Å²) < 4.78 is 55.0. The smallest absolute Gasteiger partial charge is 0.409 e. The summed E-state index contributed by atoms with van der Waals surface area (Å²) in [5.41, 5.74) is 0. The van der Waals surface area contributed by atoms with Crippen molar-refractivity contribution in [3.63, 3.8) is 0 Å². The van der Waals surface area contributed by atoms with Gasteiger partial charge in [-0.2, -0.15) is 0 Å². The van der Waals surface area contributed by atoms with Crippen LogP contribution in [0.15, 0.2) is 0 Å². The van der Waals surface area contributed by atoms with Gasteiger partial charge in [0.05, 0.1) is 72.7 Å². The van der Waals surface area contributed by atoms with Gasteiger partial charge in [0.2, 0.25) is 0 Å². The summed E-state index contributed by atoms with van der Waals surface area (Å²) in [4.78, 5) is 140. The Morgan fingerprint density at radius 2 is 0.248 bits per heavy atom. The zero-order valence-electron chi connectivity index (χ0n) is 99.5. The monoisotopic (exact) mass is 2030 g/mol. The van der Waals surface area contributed by atoms with E-state index in [9.17, 15) is 52.7 Å². The Bertz CT molecular complexity index is 2430. The fourth-order valence-electron chi connectivity index (χ4n) is 8.94.